The van der Waals surface area contributed by atoms with E-state index in [1.54, 1.807) is 0 Å². The molecule has 1 unspecified atom stereocenters. The first-order valence-electron chi connectivity index (χ1n) is 11.2. The van der Waals surface area contributed by atoms with Crippen LogP contribution in [-0.2, 0) is 16.0 Å². The number of hydrogen-bond acceptors (Lipinski definition) is 3. The summed E-state index contributed by atoms with van der Waals surface area (Å²) >= 11 is 17.4. The number of allylic oxidation sites excluding steroid dienone is 1. The maximum atomic E-state index is 13.8. The molecule has 4 nitrogen and oxygen atoms in total. The van der Waals surface area contributed by atoms with Crippen LogP contribution in [0.5, 0.6) is 0 Å². The minimum absolute atomic E-state index is 0.0877. The number of halogens is 12. The van der Waals surface area contributed by atoms with Gasteiger partial charge in [-0.15, -0.1) is 0 Å². The largest absolute Gasteiger partial charge is 0.417 e. The maximum Gasteiger partial charge on any atom is 0.417 e. The van der Waals surface area contributed by atoms with Crippen molar-refractivity contribution in [1.82, 2.24) is 5.32 Å². The van der Waals surface area contributed by atoms with Gasteiger partial charge in [-0.3, -0.25) is 4.79 Å². The van der Waals surface area contributed by atoms with Crippen LogP contribution in [0, 0.1) is 0 Å². The minimum atomic E-state index is -5.18. The number of carbonyl (C=O) groups is 1. The van der Waals surface area contributed by atoms with Crippen molar-refractivity contribution < 1.29 is 52.7 Å². The number of nitrogens with one attached hydrogen (secondary N) is 1. The number of rotatable bonds is 8. The smallest absolute Gasteiger partial charge is 0.346 e. The van der Waals surface area contributed by atoms with Crippen molar-refractivity contribution in [3.63, 3.8) is 0 Å². The van der Waals surface area contributed by atoms with Crippen LogP contribution in [0.4, 0.5) is 39.5 Å². The van der Waals surface area contributed by atoms with Gasteiger partial charge in [0.2, 0.25) is 0 Å². The summed E-state index contributed by atoms with van der Waals surface area (Å²) in [4.78, 5) is 12.7. The fourth-order valence-corrected chi connectivity index (χ4v) is 6.37. The Morgan fingerprint density at radius 3 is 1.98 bits per heavy atom. The molecule has 1 aliphatic carbocycles. The Kier molecular flexibility index (Phi) is 9.35. The number of hydrogen-bond donors (Lipinski definition) is 1. The first-order chi connectivity index (χ1) is 18.5. The summed E-state index contributed by atoms with van der Waals surface area (Å²) in [5.41, 5.74) is -5.08. The van der Waals surface area contributed by atoms with Gasteiger partial charge in [-0.25, -0.2) is 8.42 Å². The standard InChI is InChI=1S/C24H17Cl3F9NO3S/c25-17-8-13(9-18(26)19(17)27)15(23(31,32)33)4-2-12-1-3-14(16(7-12)24(34,35)36)20(38)37-21(5-6-21)10-41(39,40)11-22(28,29)30/h1-4,7-9,15H,5-6,10-11H2,(H,37,38)/b4-2+. The van der Waals surface area contributed by atoms with E-state index in [9.17, 15) is 52.7 Å². The summed E-state index contributed by atoms with van der Waals surface area (Å²) in [7, 11) is -4.75. The summed E-state index contributed by atoms with van der Waals surface area (Å²) in [5, 5.41) is 1.31. The molecule has 0 heterocycles. The Morgan fingerprint density at radius 1 is 0.951 bits per heavy atom. The quantitative estimate of drug-likeness (QED) is 0.226. The Bertz CT molecular complexity index is 1440. The number of benzene rings is 2. The van der Waals surface area contributed by atoms with E-state index in [1.807, 2.05) is 0 Å². The molecule has 0 aliphatic heterocycles. The molecule has 1 atom stereocenters. The van der Waals surface area contributed by atoms with Crippen LogP contribution in [0.1, 0.15) is 45.8 Å². The van der Waals surface area contributed by atoms with Crippen LogP contribution < -0.4 is 5.32 Å². The fourth-order valence-electron chi connectivity index (χ4n) is 3.96. The van der Waals surface area contributed by atoms with Crippen molar-refractivity contribution in [2.45, 2.75) is 42.8 Å². The highest BCUT2D eigenvalue weighted by Crippen LogP contribution is 2.42. The van der Waals surface area contributed by atoms with Crippen LogP contribution in [0.15, 0.2) is 36.4 Å². The van der Waals surface area contributed by atoms with Gasteiger partial charge in [0.15, 0.2) is 9.84 Å². The van der Waals surface area contributed by atoms with Crippen molar-refractivity contribution >= 4 is 56.6 Å². The van der Waals surface area contributed by atoms with Crippen molar-refractivity contribution in [3.05, 3.63) is 73.7 Å². The van der Waals surface area contributed by atoms with E-state index < -0.39 is 73.9 Å². The topological polar surface area (TPSA) is 63.2 Å². The average Bonchev–Trinajstić information content (AvgIpc) is 3.51. The van der Waals surface area contributed by atoms with Crippen LogP contribution in [0.3, 0.4) is 0 Å². The normalized spacial score (nSPS) is 16.6. The monoisotopic (exact) mass is 675 g/mol. The molecular weight excluding hydrogens is 660 g/mol. The van der Waals surface area contributed by atoms with Crippen LogP contribution in [0.2, 0.25) is 15.1 Å². The Labute approximate surface area is 242 Å². The molecule has 3 rings (SSSR count). The molecule has 2 aromatic carbocycles. The highest BCUT2D eigenvalue weighted by Gasteiger charge is 2.50. The molecule has 17 heteroatoms. The van der Waals surface area contributed by atoms with E-state index >= 15 is 0 Å². The van der Waals surface area contributed by atoms with Crippen molar-refractivity contribution in [2.75, 3.05) is 11.5 Å². The third-order valence-corrected chi connectivity index (χ3v) is 8.86. The van der Waals surface area contributed by atoms with Gasteiger partial charge in [-0.1, -0.05) is 53.0 Å². The summed E-state index contributed by atoms with van der Waals surface area (Å²) in [5.74, 6) is -7.07. The second-order valence-corrected chi connectivity index (χ2v) is 12.6. The van der Waals surface area contributed by atoms with Gasteiger partial charge in [0.1, 0.15) is 5.75 Å². The van der Waals surface area contributed by atoms with Gasteiger partial charge in [0, 0.05) is 0 Å². The summed E-state index contributed by atoms with van der Waals surface area (Å²) < 4.78 is 144. The lowest BCUT2D eigenvalue weighted by molar-refractivity contribution is -0.139. The number of sulfone groups is 1. The number of carbonyl (C=O) groups excluding carboxylic acids is 1. The molecular formula is C24H17Cl3F9NO3S. The third-order valence-electron chi connectivity index (χ3n) is 5.90. The predicted octanol–water partition coefficient (Wildman–Crippen LogP) is 8.26. The highest BCUT2D eigenvalue weighted by atomic mass is 35.5. The molecule has 0 saturated heterocycles. The van der Waals surface area contributed by atoms with Gasteiger partial charge < -0.3 is 5.32 Å². The summed E-state index contributed by atoms with van der Waals surface area (Å²) in [6.45, 7) is 0. The van der Waals surface area contributed by atoms with E-state index in [2.05, 4.69) is 5.32 Å². The van der Waals surface area contributed by atoms with Crippen molar-refractivity contribution in [2.24, 2.45) is 0 Å². The number of alkyl halides is 9. The van der Waals surface area contributed by atoms with Crippen LogP contribution in [-0.4, -0.2) is 43.7 Å². The fraction of sp³-hybridized carbons (Fsp3) is 0.375. The lowest BCUT2D eigenvalue weighted by atomic mass is 9.96. The third kappa shape index (κ3) is 8.91. The lowest BCUT2D eigenvalue weighted by Gasteiger charge is -2.20. The molecule has 41 heavy (non-hydrogen) atoms. The molecule has 0 aromatic heterocycles. The molecule has 1 fully saturated rings. The van der Waals surface area contributed by atoms with E-state index in [-0.39, 0.29) is 33.5 Å². The molecule has 226 valence electrons. The molecule has 2 aromatic rings. The molecule has 0 bridgehead atoms. The molecule has 1 N–H and O–H groups in total. The molecule has 0 spiro atoms. The summed E-state index contributed by atoms with van der Waals surface area (Å²) in [6.07, 6.45) is -14.0. The van der Waals surface area contributed by atoms with E-state index in [0.717, 1.165) is 24.3 Å². The van der Waals surface area contributed by atoms with Crippen LogP contribution >= 0.6 is 34.8 Å². The van der Waals surface area contributed by atoms with Gasteiger partial charge in [0.05, 0.1) is 43.4 Å². The SMILES string of the molecule is O=C(NC1(CS(=O)(=O)CC(F)(F)F)CC1)c1ccc(/C=C/C(c2cc(Cl)c(Cl)c(Cl)c2)C(F)(F)F)cc1C(F)(F)F. The maximum absolute atomic E-state index is 13.8. The van der Waals surface area contributed by atoms with Crippen molar-refractivity contribution in [1.29, 1.82) is 0 Å². The Balaban J connectivity index is 1.91. The molecule has 0 radical (unpaired) electrons. The summed E-state index contributed by atoms with van der Waals surface area (Å²) in [6, 6.07) is 3.78. The average molecular weight is 677 g/mol. The van der Waals surface area contributed by atoms with Gasteiger partial charge in [-0.05, 0) is 48.2 Å². The highest BCUT2D eigenvalue weighted by molar-refractivity contribution is 7.91. The zero-order valence-corrected chi connectivity index (χ0v) is 23.2. The predicted molar refractivity (Wildman–Crippen MR) is 135 cm³/mol. The lowest BCUT2D eigenvalue weighted by Crippen LogP contribution is -2.44. The second kappa shape index (κ2) is 11.5. The first-order valence-corrected chi connectivity index (χ1v) is 14.2. The van der Waals surface area contributed by atoms with E-state index in [4.69, 9.17) is 34.8 Å². The Morgan fingerprint density at radius 2 is 1.51 bits per heavy atom. The molecule has 1 aliphatic rings. The minimum Gasteiger partial charge on any atom is -0.346 e. The van der Waals surface area contributed by atoms with Gasteiger partial charge in [-0.2, -0.15) is 39.5 Å². The van der Waals surface area contributed by atoms with Crippen LogP contribution in [0.25, 0.3) is 6.08 Å². The van der Waals surface area contributed by atoms with E-state index in [1.165, 1.54) is 0 Å². The van der Waals surface area contributed by atoms with E-state index in [0.29, 0.717) is 18.2 Å². The number of amides is 1. The second-order valence-electron chi connectivity index (χ2n) is 9.36. The zero-order valence-electron chi connectivity index (χ0n) is 20.1. The zero-order chi connectivity index (χ0) is 31.2. The van der Waals surface area contributed by atoms with Gasteiger partial charge >= 0.3 is 18.5 Å². The first kappa shape index (κ1) is 33.3. The Hall–Kier alpha value is -2.16. The molecule has 1 amide bonds. The van der Waals surface area contributed by atoms with Gasteiger partial charge in [0.25, 0.3) is 5.91 Å². The van der Waals surface area contributed by atoms with Crippen molar-refractivity contribution in [3.8, 4) is 0 Å². The molecule has 1 saturated carbocycles.